The fraction of sp³-hybridized carbons (Fsp3) is 1.00. The van der Waals surface area contributed by atoms with Crippen LogP contribution in [0.5, 0.6) is 0 Å². The van der Waals surface area contributed by atoms with Crippen molar-refractivity contribution < 1.29 is 0 Å². The molecule has 0 aliphatic rings. The lowest BCUT2D eigenvalue weighted by Gasteiger charge is -2.07. The van der Waals surface area contributed by atoms with Crippen LogP contribution in [-0.2, 0) is 0 Å². The topological polar surface area (TPSA) is 12.0 Å². The molecule has 1 nitrogen and oxygen atoms in total. The van der Waals surface area contributed by atoms with E-state index in [2.05, 4.69) is 26.1 Å². The molecule has 0 spiro atoms. The Bertz CT molecular complexity index is 91.1. The highest BCUT2D eigenvalue weighted by molar-refractivity contribution is 4.53. The number of hydrogen-bond acceptors (Lipinski definition) is 1. The Kier molecular flexibility index (Phi) is 10.0. The van der Waals surface area contributed by atoms with Crippen LogP contribution in [0.1, 0.15) is 59.3 Å². The normalized spacial score (nSPS) is 13.2. The van der Waals surface area contributed by atoms with Gasteiger partial charge in [-0.3, -0.25) is 0 Å². The Morgan fingerprint density at radius 1 is 1.00 bits per heavy atom. The third-order valence-electron chi connectivity index (χ3n) is 2.70. The summed E-state index contributed by atoms with van der Waals surface area (Å²) in [6, 6.07) is 0. The summed E-state index contributed by atoms with van der Waals surface area (Å²) in [5, 5.41) is 3.48. The van der Waals surface area contributed by atoms with Crippen molar-refractivity contribution >= 4 is 0 Å². The first-order valence-electron chi connectivity index (χ1n) is 6.02. The summed E-state index contributed by atoms with van der Waals surface area (Å²) in [7, 11) is 0. The van der Waals surface area contributed by atoms with Crippen molar-refractivity contribution in [2.75, 3.05) is 13.1 Å². The second kappa shape index (κ2) is 10.0. The fourth-order valence-electron chi connectivity index (χ4n) is 1.37. The highest BCUT2D eigenvalue weighted by Gasteiger charge is 1.97. The van der Waals surface area contributed by atoms with Gasteiger partial charge in [0.2, 0.25) is 0 Å². The molecule has 0 fully saturated rings. The molecule has 0 aromatic heterocycles. The average molecular weight is 185 g/mol. The molecule has 1 N–H and O–H groups in total. The highest BCUT2D eigenvalue weighted by atomic mass is 14.8. The summed E-state index contributed by atoms with van der Waals surface area (Å²) in [5.74, 6) is 0.927. The Hall–Kier alpha value is -0.0400. The summed E-state index contributed by atoms with van der Waals surface area (Å²) in [6.45, 7) is 9.30. The van der Waals surface area contributed by atoms with Gasteiger partial charge in [-0.1, -0.05) is 46.5 Å². The number of unbranched alkanes of at least 4 members (excludes halogenated alkanes) is 2. The minimum absolute atomic E-state index is 0.927. The number of hydrogen-bond donors (Lipinski definition) is 1. The molecule has 0 unspecified atom stereocenters. The molecule has 1 heteroatoms. The van der Waals surface area contributed by atoms with Gasteiger partial charge in [-0.2, -0.15) is 0 Å². The molecule has 0 heterocycles. The third kappa shape index (κ3) is 9.88. The first-order valence-corrected chi connectivity index (χ1v) is 6.02. The van der Waals surface area contributed by atoms with Gasteiger partial charge < -0.3 is 5.32 Å². The lowest BCUT2D eigenvalue weighted by molar-refractivity contribution is 0.475. The molecule has 0 radical (unpaired) electrons. The number of nitrogens with one attached hydrogen (secondary N) is 1. The molecular weight excluding hydrogens is 158 g/mol. The molecule has 0 bridgehead atoms. The van der Waals surface area contributed by atoms with Crippen molar-refractivity contribution in [3.63, 3.8) is 0 Å². The predicted molar refractivity (Wildman–Crippen MR) is 61.1 cm³/mol. The fourth-order valence-corrected chi connectivity index (χ4v) is 1.37. The van der Waals surface area contributed by atoms with E-state index in [-0.39, 0.29) is 0 Å². The van der Waals surface area contributed by atoms with Crippen LogP contribution in [0.15, 0.2) is 0 Å². The summed E-state index contributed by atoms with van der Waals surface area (Å²) >= 11 is 0. The smallest absolute Gasteiger partial charge is 0.00489 e. The molecule has 13 heavy (non-hydrogen) atoms. The zero-order valence-electron chi connectivity index (χ0n) is 9.73. The van der Waals surface area contributed by atoms with Crippen LogP contribution in [0.4, 0.5) is 0 Å². The molecule has 0 aliphatic heterocycles. The highest BCUT2D eigenvalue weighted by Crippen LogP contribution is 2.10. The van der Waals surface area contributed by atoms with E-state index in [1.807, 2.05) is 0 Å². The monoisotopic (exact) mass is 185 g/mol. The maximum Gasteiger partial charge on any atom is -0.00489 e. The van der Waals surface area contributed by atoms with Gasteiger partial charge in [0.1, 0.15) is 0 Å². The molecule has 1 atom stereocenters. The minimum Gasteiger partial charge on any atom is -0.317 e. The van der Waals surface area contributed by atoms with E-state index in [9.17, 15) is 0 Å². The van der Waals surface area contributed by atoms with E-state index in [0.717, 1.165) is 5.92 Å². The van der Waals surface area contributed by atoms with E-state index in [1.54, 1.807) is 0 Å². The van der Waals surface area contributed by atoms with Gasteiger partial charge >= 0.3 is 0 Å². The lowest BCUT2D eigenvalue weighted by atomic mass is 10.0. The lowest BCUT2D eigenvalue weighted by Crippen LogP contribution is -2.16. The maximum atomic E-state index is 3.48. The van der Waals surface area contributed by atoms with Gasteiger partial charge in [0.15, 0.2) is 0 Å². The molecule has 0 saturated carbocycles. The van der Waals surface area contributed by atoms with E-state index in [0.29, 0.717) is 0 Å². The van der Waals surface area contributed by atoms with Crippen molar-refractivity contribution in [1.82, 2.24) is 5.32 Å². The molecule has 0 amide bonds. The van der Waals surface area contributed by atoms with E-state index in [1.165, 1.54) is 51.6 Å². The maximum absolute atomic E-state index is 3.48. The van der Waals surface area contributed by atoms with Crippen LogP contribution < -0.4 is 5.32 Å². The standard InChI is InChI=1S/C12H27N/c1-4-6-10-13-11-8-7-9-12(3)5-2/h12-13H,4-11H2,1-3H3/t12-/m0/s1. The summed E-state index contributed by atoms with van der Waals surface area (Å²) in [4.78, 5) is 0. The first-order chi connectivity index (χ1) is 6.31. The molecule has 0 rings (SSSR count). The predicted octanol–water partition coefficient (Wildman–Crippen LogP) is 3.59. The van der Waals surface area contributed by atoms with Crippen LogP contribution in [0.2, 0.25) is 0 Å². The van der Waals surface area contributed by atoms with Crippen LogP contribution in [-0.4, -0.2) is 13.1 Å². The van der Waals surface area contributed by atoms with Crippen molar-refractivity contribution in [2.45, 2.75) is 59.3 Å². The largest absolute Gasteiger partial charge is 0.317 e. The van der Waals surface area contributed by atoms with Crippen molar-refractivity contribution in [3.8, 4) is 0 Å². The molecule has 0 saturated heterocycles. The zero-order chi connectivity index (χ0) is 9.94. The Balaban J connectivity index is 2.91. The van der Waals surface area contributed by atoms with Gasteiger partial charge in [0.05, 0.1) is 0 Å². The molecule has 80 valence electrons. The third-order valence-corrected chi connectivity index (χ3v) is 2.70. The summed E-state index contributed by atoms with van der Waals surface area (Å²) in [5.41, 5.74) is 0. The molecule has 0 aromatic rings. The van der Waals surface area contributed by atoms with E-state index in [4.69, 9.17) is 0 Å². The van der Waals surface area contributed by atoms with Crippen molar-refractivity contribution in [1.29, 1.82) is 0 Å². The molecule has 0 aromatic carbocycles. The second-order valence-electron chi connectivity index (χ2n) is 4.11. The second-order valence-corrected chi connectivity index (χ2v) is 4.11. The Morgan fingerprint density at radius 3 is 2.31 bits per heavy atom. The van der Waals surface area contributed by atoms with E-state index >= 15 is 0 Å². The van der Waals surface area contributed by atoms with Crippen LogP contribution in [0.3, 0.4) is 0 Å². The summed E-state index contributed by atoms with van der Waals surface area (Å²) in [6.07, 6.45) is 8.13. The molecular formula is C12H27N. The van der Waals surface area contributed by atoms with Crippen molar-refractivity contribution in [2.24, 2.45) is 5.92 Å². The van der Waals surface area contributed by atoms with Crippen LogP contribution in [0.25, 0.3) is 0 Å². The Morgan fingerprint density at radius 2 is 1.69 bits per heavy atom. The quantitative estimate of drug-likeness (QED) is 0.541. The van der Waals surface area contributed by atoms with Crippen LogP contribution >= 0.6 is 0 Å². The van der Waals surface area contributed by atoms with Gasteiger partial charge in [0, 0.05) is 0 Å². The minimum atomic E-state index is 0.927. The number of rotatable bonds is 9. The SMILES string of the molecule is CCCCNCCCC[C@@H](C)CC. The Labute approximate surface area is 84.3 Å². The van der Waals surface area contributed by atoms with Gasteiger partial charge in [-0.05, 0) is 31.8 Å². The zero-order valence-corrected chi connectivity index (χ0v) is 9.73. The summed E-state index contributed by atoms with van der Waals surface area (Å²) < 4.78 is 0. The van der Waals surface area contributed by atoms with Gasteiger partial charge in [-0.25, -0.2) is 0 Å². The first kappa shape index (κ1) is 13.0. The average Bonchev–Trinajstić information content (AvgIpc) is 2.16. The molecule has 0 aliphatic carbocycles. The van der Waals surface area contributed by atoms with Gasteiger partial charge in [-0.15, -0.1) is 0 Å². The van der Waals surface area contributed by atoms with Gasteiger partial charge in [0.25, 0.3) is 0 Å². The van der Waals surface area contributed by atoms with E-state index < -0.39 is 0 Å². The van der Waals surface area contributed by atoms with Crippen LogP contribution in [0, 0.1) is 5.92 Å². The van der Waals surface area contributed by atoms with Crippen molar-refractivity contribution in [3.05, 3.63) is 0 Å².